The molecule has 5 heteroatoms. The quantitative estimate of drug-likeness (QED) is 0.276. The molecule has 1 aliphatic rings. The summed E-state index contributed by atoms with van der Waals surface area (Å²) < 4.78 is 14.3. The number of hydrogen-bond acceptors (Lipinski definition) is 3. The molecule has 0 unspecified atom stereocenters. The number of halogens is 1. The molecule has 3 aromatic rings. The lowest BCUT2D eigenvalue weighted by atomic mass is 10.2. The van der Waals surface area contributed by atoms with Crippen molar-refractivity contribution in [3.05, 3.63) is 84.6 Å². The van der Waals surface area contributed by atoms with Crippen molar-refractivity contribution >= 4 is 22.9 Å². The zero-order valence-corrected chi connectivity index (χ0v) is 19.6. The molecule has 1 aromatic heterocycles. The lowest BCUT2D eigenvalue weighted by Crippen LogP contribution is -3.00. The minimum atomic E-state index is 0. The molecule has 2 heterocycles. The Morgan fingerprint density at radius 2 is 1.73 bits per heavy atom. The molecule has 0 radical (unpaired) electrons. The van der Waals surface area contributed by atoms with Crippen molar-refractivity contribution in [3.63, 3.8) is 0 Å². The first kappa shape index (κ1) is 22.2. The summed E-state index contributed by atoms with van der Waals surface area (Å²) in [6.07, 6.45) is 12.2. The number of benzene rings is 2. The molecule has 2 aromatic carbocycles. The van der Waals surface area contributed by atoms with E-state index in [-0.39, 0.29) is 24.0 Å². The van der Waals surface area contributed by atoms with Gasteiger partial charge in [-0.1, -0.05) is 56.3 Å². The van der Waals surface area contributed by atoms with Gasteiger partial charge >= 0.3 is 5.89 Å². The van der Waals surface area contributed by atoms with E-state index in [1.54, 1.807) is 0 Å². The second kappa shape index (κ2) is 10.5. The van der Waals surface area contributed by atoms with E-state index in [1.165, 1.54) is 0 Å². The summed E-state index contributed by atoms with van der Waals surface area (Å²) in [5, 5.41) is 0. The molecule has 156 valence electrons. The number of ether oxygens (including phenoxy) is 1. The van der Waals surface area contributed by atoms with Crippen molar-refractivity contribution in [1.29, 1.82) is 0 Å². The van der Waals surface area contributed by atoms with E-state index in [4.69, 9.17) is 9.15 Å². The summed E-state index contributed by atoms with van der Waals surface area (Å²) in [5.74, 6) is 2.64. The Morgan fingerprint density at radius 1 is 0.933 bits per heavy atom. The number of oxazole rings is 1. The van der Waals surface area contributed by atoms with Gasteiger partial charge in [0, 0.05) is 19.0 Å². The second-order valence-electron chi connectivity index (χ2n) is 7.03. The third kappa shape index (κ3) is 4.61. The first-order chi connectivity index (χ1) is 14.3. The van der Waals surface area contributed by atoms with Crippen LogP contribution in [0.2, 0.25) is 0 Å². The predicted molar refractivity (Wildman–Crippen MR) is 118 cm³/mol. The normalized spacial score (nSPS) is 14.6. The summed E-state index contributed by atoms with van der Waals surface area (Å²) in [4.78, 5) is 2.22. The third-order valence-electron chi connectivity index (χ3n) is 4.87. The van der Waals surface area contributed by atoms with E-state index < -0.39 is 0 Å². The van der Waals surface area contributed by atoms with Gasteiger partial charge in [0.1, 0.15) is 0 Å². The number of fused-ring (bicyclic) bond motifs is 2. The first-order valence-electron chi connectivity index (χ1n) is 10.3. The molecule has 4 nitrogen and oxygen atoms in total. The van der Waals surface area contributed by atoms with Crippen LogP contribution in [-0.2, 0) is 6.54 Å². The molecule has 0 N–H and O–H groups in total. The Hall–Kier alpha value is -2.54. The number of nitrogens with zero attached hydrogens (tertiary/aromatic N) is 2. The minimum absolute atomic E-state index is 0. The number of allylic oxidation sites excluding steroid dienone is 4. The SMILES string of the molecule is CCCN1/C(=C/C=C/C=C/c2oc3ccccc3[n+]2CCC)Oc2ccccc21.[I-]. The van der Waals surface area contributed by atoms with Crippen molar-refractivity contribution in [2.24, 2.45) is 0 Å². The van der Waals surface area contributed by atoms with Gasteiger partial charge in [0.15, 0.2) is 12.3 Å². The topological polar surface area (TPSA) is 29.5 Å². The monoisotopic (exact) mass is 514 g/mol. The predicted octanol–water partition coefficient (Wildman–Crippen LogP) is 2.85. The molecule has 1 aliphatic heterocycles. The van der Waals surface area contributed by atoms with Crippen LogP contribution in [0.1, 0.15) is 32.6 Å². The second-order valence-corrected chi connectivity index (χ2v) is 7.03. The van der Waals surface area contributed by atoms with Gasteiger partial charge in [-0.3, -0.25) is 0 Å². The van der Waals surface area contributed by atoms with E-state index in [1.807, 2.05) is 66.8 Å². The lowest BCUT2D eigenvalue weighted by molar-refractivity contribution is -0.678. The zero-order valence-electron chi connectivity index (χ0n) is 17.4. The highest BCUT2D eigenvalue weighted by atomic mass is 127. The smallest absolute Gasteiger partial charge is 0.374 e. The zero-order chi connectivity index (χ0) is 20.1. The van der Waals surface area contributed by atoms with Crippen LogP contribution in [0, 0.1) is 0 Å². The average molecular weight is 514 g/mol. The average Bonchev–Trinajstić information content (AvgIpc) is 3.27. The molecule has 0 bridgehead atoms. The van der Waals surface area contributed by atoms with Crippen LogP contribution < -0.4 is 38.2 Å². The molecule has 0 aliphatic carbocycles. The van der Waals surface area contributed by atoms with Crippen LogP contribution in [0.25, 0.3) is 17.2 Å². The Kier molecular flexibility index (Phi) is 7.74. The molecular formula is C25H27IN2O2. The van der Waals surface area contributed by atoms with Gasteiger partial charge in [-0.25, -0.2) is 0 Å². The van der Waals surface area contributed by atoms with E-state index in [0.717, 1.165) is 60.2 Å². The molecule has 0 amide bonds. The van der Waals surface area contributed by atoms with Crippen LogP contribution in [0.15, 0.2) is 83.1 Å². The lowest BCUT2D eigenvalue weighted by Gasteiger charge is -2.16. The Labute approximate surface area is 195 Å². The summed E-state index contributed by atoms with van der Waals surface area (Å²) in [6.45, 7) is 6.22. The van der Waals surface area contributed by atoms with E-state index in [9.17, 15) is 0 Å². The molecule has 0 saturated carbocycles. The van der Waals surface area contributed by atoms with Crippen LogP contribution in [-0.4, -0.2) is 6.54 Å². The fraction of sp³-hybridized carbons (Fsp3) is 0.240. The summed E-state index contributed by atoms with van der Waals surface area (Å²) in [7, 11) is 0. The summed E-state index contributed by atoms with van der Waals surface area (Å²) in [5.41, 5.74) is 3.18. The van der Waals surface area contributed by atoms with Crippen molar-refractivity contribution in [2.75, 3.05) is 11.4 Å². The van der Waals surface area contributed by atoms with Gasteiger partial charge in [0.2, 0.25) is 11.5 Å². The summed E-state index contributed by atoms with van der Waals surface area (Å²) >= 11 is 0. The number of hydrogen-bond donors (Lipinski definition) is 0. The maximum Gasteiger partial charge on any atom is 0.374 e. The Bertz CT molecular complexity index is 1080. The first-order valence-corrected chi connectivity index (χ1v) is 10.3. The van der Waals surface area contributed by atoms with Gasteiger partial charge in [-0.15, -0.1) is 0 Å². The number of rotatable bonds is 7. The molecule has 0 atom stereocenters. The Balaban J connectivity index is 0.00000256. The molecule has 4 rings (SSSR count). The third-order valence-corrected chi connectivity index (χ3v) is 4.87. The van der Waals surface area contributed by atoms with Gasteiger partial charge in [0.05, 0.1) is 11.8 Å². The number of aromatic nitrogens is 1. The van der Waals surface area contributed by atoms with Gasteiger partial charge in [-0.2, -0.15) is 4.57 Å². The minimum Gasteiger partial charge on any atom is -1.00 e. The van der Waals surface area contributed by atoms with E-state index in [2.05, 4.69) is 35.4 Å². The highest BCUT2D eigenvalue weighted by Crippen LogP contribution is 2.38. The number of aryl methyl sites for hydroxylation is 1. The Morgan fingerprint density at radius 3 is 2.57 bits per heavy atom. The molecular weight excluding hydrogens is 487 g/mol. The molecule has 0 fully saturated rings. The van der Waals surface area contributed by atoms with Crippen molar-refractivity contribution in [2.45, 2.75) is 33.2 Å². The number of anilines is 1. The molecule has 0 saturated heterocycles. The van der Waals surface area contributed by atoms with E-state index >= 15 is 0 Å². The van der Waals surface area contributed by atoms with Crippen LogP contribution in [0.5, 0.6) is 5.75 Å². The molecule has 30 heavy (non-hydrogen) atoms. The fourth-order valence-corrected chi connectivity index (χ4v) is 3.60. The van der Waals surface area contributed by atoms with Gasteiger partial charge in [0.25, 0.3) is 5.52 Å². The van der Waals surface area contributed by atoms with Crippen molar-refractivity contribution in [1.82, 2.24) is 0 Å². The fourth-order valence-electron chi connectivity index (χ4n) is 3.60. The van der Waals surface area contributed by atoms with Crippen LogP contribution >= 0.6 is 0 Å². The van der Waals surface area contributed by atoms with Gasteiger partial charge < -0.3 is 38.0 Å². The maximum atomic E-state index is 6.02. The van der Waals surface area contributed by atoms with E-state index in [0.29, 0.717) is 0 Å². The largest absolute Gasteiger partial charge is 1.00 e. The summed E-state index contributed by atoms with van der Waals surface area (Å²) in [6, 6.07) is 16.3. The highest BCUT2D eigenvalue weighted by molar-refractivity contribution is 5.69. The van der Waals surface area contributed by atoms with Crippen LogP contribution in [0.3, 0.4) is 0 Å². The van der Waals surface area contributed by atoms with Crippen molar-refractivity contribution < 1.29 is 37.7 Å². The maximum absolute atomic E-state index is 6.02. The highest BCUT2D eigenvalue weighted by Gasteiger charge is 2.24. The standard InChI is InChI=1S/C25H27N2O2.HI/c1-3-18-26-20-12-8-10-14-22(20)28-24(26)16-6-5-7-17-25-27(19-4-2)21-13-9-11-15-23(21)29-25;/h5-17H,3-4,18-19H2,1-2H3;1H/q+1;/p-1. The molecule has 0 spiro atoms. The number of para-hydroxylation sites is 4. The van der Waals surface area contributed by atoms with Gasteiger partial charge in [-0.05, 0) is 30.7 Å². The van der Waals surface area contributed by atoms with Crippen LogP contribution in [0.4, 0.5) is 5.69 Å². The van der Waals surface area contributed by atoms with Crippen molar-refractivity contribution in [3.8, 4) is 5.75 Å².